The topological polar surface area (TPSA) is 83.7 Å². The Morgan fingerprint density at radius 2 is 2.04 bits per heavy atom. The fourth-order valence-corrected chi connectivity index (χ4v) is 3.81. The summed E-state index contributed by atoms with van der Waals surface area (Å²) in [6.07, 6.45) is 3.87. The van der Waals surface area contributed by atoms with E-state index in [1.54, 1.807) is 6.20 Å². The van der Waals surface area contributed by atoms with Crippen LogP contribution in [0, 0.1) is 6.92 Å². The third-order valence-corrected chi connectivity index (χ3v) is 5.35. The van der Waals surface area contributed by atoms with Crippen LogP contribution in [-0.2, 0) is 6.54 Å². The lowest BCUT2D eigenvalue weighted by molar-refractivity contribution is 0.179. The molecule has 1 saturated heterocycles. The zero-order valence-electron chi connectivity index (χ0n) is 15.8. The number of aromatic nitrogens is 5. The van der Waals surface area contributed by atoms with Gasteiger partial charge in [0.15, 0.2) is 0 Å². The SMILES string of the molecule is Cc1ccc2nc(C3CCN(Cc4nc(-c5ccccn5)no4)CC3)[nH]c2c1. The van der Waals surface area contributed by atoms with Gasteiger partial charge in [-0.3, -0.25) is 9.88 Å². The number of H-pyrrole nitrogens is 1. The molecule has 142 valence electrons. The van der Waals surface area contributed by atoms with Crippen LogP contribution in [0.5, 0.6) is 0 Å². The minimum atomic E-state index is 0.468. The Kier molecular flexibility index (Phi) is 4.37. The highest BCUT2D eigenvalue weighted by atomic mass is 16.5. The maximum atomic E-state index is 5.42. The van der Waals surface area contributed by atoms with Crippen LogP contribution in [0.3, 0.4) is 0 Å². The second kappa shape index (κ2) is 7.16. The molecular weight excluding hydrogens is 352 g/mol. The number of pyridine rings is 1. The fourth-order valence-electron chi connectivity index (χ4n) is 3.81. The van der Waals surface area contributed by atoms with Gasteiger partial charge in [0.05, 0.1) is 17.6 Å². The summed E-state index contributed by atoms with van der Waals surface area (Å²) in [6, 6.07) is 12.0. The van der Waals surface area contributed by atoms with Crippen molar-refractivity contribution in [2.75, 3.05) is 13.1 Å². The third-order valence-electron chi connectivity index (χ3n) is 5.35. The molecule has 0 saturated carbocycles. The first-order valence-electron chi connectivity index (χ1n) is 9.67. The fraction of sp³-hybridized carbons (Fsp3) is 0.333. The predicted octanol–water partition coefficient (Wildman–Crippen LogP) is 3.70. The van der Waals surface area contributed by atoms with Gasteiger partial charge in [-0.25, -0.2) is 4.98 Å². The third kappa shape index (κ3) is 3.41. The van der Waals surface area contributed by atoms with E-state index in [2.05, 4.69) is 50.1 Å². The average molecular weight is 374 g/mol. The van der Waals surface area contributed by atoms with Crippen LogP contribution in [0.15, 0.2) is 47.1 Å². The smallest absolute Gasteiger partial charge is 0.241 e. The molecule has 0 bridgehead atoms. The molecule has 1 fully saturated rings. The van der Waals surface area contributed by atoms with E-state index in [-0.39, 0.29) is 0 Å². The molecule has 28 heavy (non-hydrogen) atoms. The molecule has 1 aliphatic rings. The van der Waals surface area contributed by atoms with Crippen molar-refractivity contribution < 1.29 is 4.52 Å². The van der Waals surface area contributed by atoms with Gasteiger partial charge in [-0.1, -0.05) is 17.3 Å². The second-order valence-electron chi connectivity index (χ2n) is 7.42. The van der Waals surface area contributed by atoms with E-state index >= 15 is 0 Å². The molecule has 1 aliphatic heterocycles. The molecule has 7 heteroatoms. The lowest BCUT2D eigenvalue weighted by Crippen LogP contribution is -2.32. The molecule has 4 heterocycles. The minimum Gasteiger partial charge on any atom is -0.342 e. The molecular formula is C21H22N6O. The zero-order chi connectivity index (χ0) is 18.9. The summed E-state index contributed by atoms with van der Waals surface area (Å²) in [7, 11) is 0. The summed E-state index contributed by atoms with van der Waals surface area (Å²) in [5, 5.41) is 4.06. The second-order valence-corrected chi connectivity index (χ2v) is 7.42. The minimum absolute atomic E-state index is 0.468. The van der Waals surface area contributed by atoms with Gasteiger partial charge in [0.25, 0.3) is 0 Å². The van der Waals surface area contributed by atoms with E-state index < -0.39 is 0 Å². The quantitative estimate of drug-likeness (QED) is 0.586. The van der Waals surface area contributed by atoms with Crippen molar-refractivity contribution in [1.82, 2.24) is 30.0 Å². The van der Waals surface area contributed by atoms with E-state index in [0.29, 0.717) is 24.2 Å². The van der Waals surface area contributed by atoms with Crippen LogP contribution in [0.25, 0.3) is 22.6 Å². The van der Waals surface area contributed by atoms with Crippen molar-refractivity contribution in [3.05, 3.63) is 59.9 Å². The normalized spacial score (nSPS) is 16.0. The van der Waals surface area contributed by atoms with E-state index in [1.807, 2.05) is 18.2 Å². The van der Waals surface area contributed by atoms with E-state index in [1.165, 1.54) is 5.56 Å². The number of imidazole rings is 1. The van der Waals surface area contributed by atoms with Crippen molar-refractivity contribution in [2.45, 2.75) is 32.2 Å². The Labute approximate surface area is 162 Å². The van der Waals surface area contributed by atoms with Crippen LogP contribution in [0.1, 0.15) is 36.0 Å². The predicted molar refractivity (Wildman–Crippen MR) is 106 cm³/mol. The Bertz CT molecular complexity index is 1080. The molecule has 4 aromatic rings. The van der Waals surface area contributed by atoms with Crippen molar-refractivity contribution in [3.63, 3.8) is 0 Å². The Morgan fingerprint density at radius 3 is 2.86 bits per heavy atom. The molecule has 0 aliphatic carbocycles. The van der Waals surface area contributed by atoms with Crippen LogP contribution in [0.2, 0.25) is 0 Å². The Balaban J connectivity index is 1.22. The highest BCUT2D eigenvalue weighted by Crippen LogP contribution is 2.28. The molecule has 1 N–H and O–H groups in total. The molecule has 3 aromatic heterocycles. The lowest BCUT2D eigenvalue weighted by Gasteiger charge is -2.29. The highest BCUT2D eigenvalue weighted by molar-refractivity contribution is 5.75. The maximum Gasteiger partial charge on any atom is 0.241 e. The first-order valence-corrected chi connectivity index (χ1v) is 9.67. The Hall–Kier alpha value is -3.06. The van der Waals surface area contributed by atoms with Crippen LogP contribution >= 0.6 is 0 Å². The van der Waals surface area contributed by atoms with Gasteiger partial charge in [0.2, 0.25) is 11.7 Å². The van der Waals surface area contributed by atoms with Gasteiger partial charge < -0.3 is 9.51 Å². The number of aromatic amines is 1. The summed E-state index contributed by atoms with van der Waals surface area (Å²) >= 11 is 0. The van der Waals surface area contributed by atoms with E-state index in [9.17, 15) is 0 Å². The first-order chi connectivity index (χ1) is 13.7. The van der Waals surface area contributed by atoms with Crippen molar-refractivity contribution >= 4 is 11.0 Å². The molecule has 0 radical (unpaired) electrons. The molecule has 0 unspecified atom stereocenters. The Morgan fingerprint density at radius 1 is 1.14 bits per heavy atom. The standard InChI is InChI=1S/C21H22N6O/c1-14-5-6-16-18(12-14)24-20(23-16)15-7-10-27(11-8-15)13-19-25-21(26-28-19)17-4-2-3-9-22-17/h2-6,9,12,15H,7-8,10-11,13H2,1H3,(H,23,24). The number of likely N-dealkylation sites (tertiary alicyclic amines) is 1. The van der Waals surface area contributed by atoms with E-state index in [0.717, 1.165) is 48.5 Å². The summed E-state index contributed by atoms with van der Waals surface area (Å²) in [5.41, 5.74) is 4.17. The number of hydrogen-bond acceptors (Lipinski definition) is 6. The van der Waals surface area contributed by atoms with Crippen molar-refractivity contribution in [1.29, 1.82) is 0 Å². The first kappa shape index (κ1) is 17.1. The monoisotopic (exact) mass is 374 g/mol. The number of piperidine rings is 1. The van der Waals surface area contributed by atoms with Gasteiger partial charge in [0, 0.05) is 12.1 Å². The van der Waals surface area contributed by atoms with Gasteiger partial charge in [-0.15, -0.1) is 0 Å². The lowest BCUT2D eigenvalue weighted by atomic mass is 9.96. The molecule has 0 spiro atoms. The van der Waals surface area contributed by atoms with Gasteiger partial charge in [-0.05, 0) is 62.7 Å². The maximum absolute atomic E-state index is 5.42. The van der Waals surface area contributed by atoms with Crippen molar-refractivity contribution in [2.24, 2.45) is 0 Å². The molecule has 0 atom stereocenters. The number of nitrogens with zero attached hydrogens (tertiary/aromatic N) is 5. The summed E-state index contributed by atoms with van der Waals surface area (Å²) < 4.78 is 5.42. The highest BCUT2D eigenvalue weighted by Gasteiger charge is 2.24. The number of aryl methyl sites for hydroxylation is 1. The number of fused-ring (bicyclic) bond motifs is 1. The largest absolute Gasteiger partial charge is 0.342 e. The van der Waals surface area contributed by atoms with Crippen LogP contribution in [-0.4, -0.2) is 43.1 Å². The number of benzene rings is 1. The summed E-state index contributed by atoms with van der Waals surface area (Å²) in [4.78, 5) is 19.4. The molecule has 0 amide bonds. The van der Waals surface area contributed by atoms with Gasteiger partial charge in [-0.2, -0.15) is 4.98 Å². The van der Waals surface area contributed by atoms with Crippen molar-refractivity contribution in [3.8, 4) is 11.5 Å². The van der Waals surface area contributed by atoms with Gasteiger partial charge >= 0.3 is 0 Å². The van der Waals surface area contributed by atoms with Gasteiger partial charge in [0.1, 0.15) is 11.5 Å². The van der Waals surface area contributed by atoms with Crippen LogP contribution < -0.4 is 0 Å². The van der Waals surface area contributed by atoms with Crippen LogP contribution in [0.4, 0.5) is 0 Å². The average Bonchev–Trinajstić information content (AvgIpc) is 3.36. The number of hydrogen-bond donors (Lipinski definition) is 1. The van der Waals surface area contributed by atoms with E-state index in [4.69, 9.17) is 9.51 Å². The zero-order valence-corrected chi connectivity index (χ0v) is 15.8. The molecule has 7 nitrogen and oxygen atoms in total. The number of nitrogens with one attached hydrogen (secondary N) is 1. The molecule has 5 rings (SSSR count). The summed E-state index contributed by atoms with van der Waals surface area (Å²) in [5.74, 6) is 2.76. The number of rotatable bonds is 4. The summed E-state index contributed by atoms with van der Waals surface area (Å²) in [6.45, 7) is 4.76. The molecule has 1 aromatic carbocycles.